The average molecular weight is 322 g/mol. The summed E-state index contributed by atoms with van der Waals surface area (Å²) in [5, 5.41) is 3.42. The quantitative estimate of drug-likeness (QED) is 0.859. The van der Waals surface area contributed by atoms with E-state index < -0.39 is 10.0 Å². The summed E-state index contributed by atoms with van der Waals surface area (Å²) in [6.45, 7) is 2.67. The van der Waals surface area contributed by atoms with E-state index in [4.69, 9.17) is 0 Å². The Hall–Kier alpha value is -1.37. The summed E-state index contributed by atoms with van der Waals surface area (Å²) >= 11 is 1.28. The highest BCUT2D eigenvalue weighted by molar-refractivity contribution is 7.94. The normalized spacial score (nSPS) is 15.1. The van der Waals surface area contributed by atoms with Crippen molar-refractivity contribution < 1.29 is 8.42 Å². The second-order valence-corrected chi connectivity index (χ2v) is 8.52. The van der Waals surface area contributed by atoms with Gasteiger partial charge >= 0.3 is 0 Å². The molecule has 2 aromatic rings. The van der Waals surface area contributed by atoms with Crippen molar-refractivity contribution in [2.75, 3.05) is 4.72 Å². The molecule has 1 aromatic heterocycles. The Labute approximate surface area is 129 Å². The van der Waals surface area contributed by atoms with Crippen molar-refractivity contribution in [3.63, 3.8) is 0 Å². The summed E-state index contributed by atoms with van der Waals surface area (Å²) in [5.41, 5.74) is 1.70. The van der Waals surface area contributed by atoms with Crippen molar-refractivity contribution in [3.8, 4) is 0 Å². The van der Waals surface area contributed by atoms with E-state index in [-0.39, 0.29) is 0 Å². The minimum absolute atomic E-state index is 0.349. The van der Waals surface area contributed by atoms with Gasteiger partial charge in [-0.05, 0) is 49.6 Å². The van der Waals surface area contributed by atoms with Crippen LogP contribution in [0.5, 0.6) is 0 Å². The Morgan fingerprint density at radius 3 is 2.71 bits per heavy atom. The lowest BCUT2D eigenvalue weighted by atomic mass is 10.2. The summed E-state index contributed by atoms with van der Waals surface area (Å²) in [6, 6.07) is 11.6. The molecule has 0 spiro atoms. The van der Waals surface area contributed by atoms with Gasteiger partial charge in [-0.1, -0.05) is 12.1 Å². The van der Waals surface area contributed by atoms with Crippen LogP contribution in [0.25, 0.3) is 0 Å². The van der Waals surface area contributed by atoms with E-state index in [0.29, 0.717) is 15.9 Å². The Morgan fingerprint density at radius 1 is 1.24 bits per heavy atom. The van der Waals surface area contributed by atoms with Crippen molar-refractivity contribution in [1.29, 1.82) is 0 Å². The van der Waals surface area contributed by atoms with Gasteiger partial charge < -0.3 is 5.32 Å². The maximum Gasteiger partial charge on any atom is 0.271 e. The number of rotatable bonds is 6. The average Bonchev–Trinajstić information content (AvgIpc) is 3.16. The molecule has 2 N–H and O–H groups in total. The molecule has 6 heteroatoms. The minimum Gasteiger partial charge on any atom is -0.310 e. The van der Waals surface area contributed by atoms with E-state index in [2.05, 4.69) is 10.0 Å². The zero-order valence-corrected chi connectivity index (χ0v) is 13.4. The maximum atomic E-state index is 12.3. The van der Waals surface area contributed by atoms with Crippen molar-refractivity contribution in [2.45, 2.75) is 36.6 Å². The van der Waals surface area contributed by atoms with Crippen LogP contribution in [-0.4, -0.2) is 14.5 Å². The van der Waals surface area contributed by atoms with Crippen LogP contribution in [0.1, 0.15) is 23.3 Å². The van der Waals surface area contributed by atoms with Gasteiger partial charge in [0.15, 0.2) is 0 Å². The molecule has 0 saturated heterocycles. The summed E-state index contributed by atoms with van der Waals surface area (Å²) < 4.78 is 27.6. The summed E-state index contributed by atoms with van der Waals surface area (Å²) in [6.07, 6.45) is 2.48. The fourth-order valence-electron chi connectivity index (χ4n) is 2.06. The molecule has 1 fully saturated rings. The first-order chi connectivity index (χ1) is 10.0. The van der Waals surface area contributed by atoms with Gasteiger partial charge in [-0.15, -0.1) is 11.3 Å². The van der Waals surface area contributed by atoms with Gasteiger partial charge in [-0.3, -0.25) is 4.72 Å². The van der Waals surface area contributed by atoms with E-state index in [1.165, 1.54) is 24.2 Å². The molecule has 0 bridgehead atoms. The Balaban J connectivity index is 1.72. The zero-order valence-electron chi connectivity index (χ0n) is 11.8. The highest BCUT2D eigenvalue weighted by Crippen LogP contribution is 2.24. The van der Waals surface area contributed by atoms with Crippen molar-refractivity contribution >= 4 is 27.0 Å². The number of sulfonamides is 1. The van der Waals surface area contributed by atoms with Gasteiger partial charge in [0.1, 0.15) is 4.21 Å². The third kappa shape index (κ3) is 3.84. The molecule has 0 aliphatic heterocycles. The molecule has 0 amide bonds. The Morgan fingerprint density at radius 2 is 2.05 bits per heavy atom. The fourth-order valence-corrected chi connectivity index (χ4v) is 4.39. The molecule has 1 heterocycles. The van der Waals surface area contributed by atoms with Crippen LogP contribution in [0.3, 0.4) is 0 Å². The predicted octanol–water partition coefficient (Wildman–Crippen LogP) is 3.11. The first-order valence-electron chi connectivity index (χ1n) is 6.94. The Bertz CT molecular complexity index is 734. The number of nitrogens with one attached hydrogen (secondary N) is 2. The van der Waals surface area contributed by atoms with Gasteiger partial charge in [0, 0.05) is 23.2 Å². The van der Waals surface area contributed by atoms with Crippen LogP contribution in [-0.2, 0) is 16.6 Å². The standard InChI is InChI=1S/C15H18N2O2S2/c1-11-5-8-15(20-11)21(18,19)17-14-4-2-3-12(9-14)10-16-13-6-7-13/h2-5,8-9,13,16-17H,6-7,10H2,1H3. The van der Waals surface area contributed by atoms with Gasteiger partial charge in [-0.2, -0.15) is 0 Å². The summed E-state index contributed by atoms with van der Waals surface area (Å²) in [4.78, 5) is 0.984. The van der Waals surface area contributed by atoms with Crippen molar-refractivity contribution in [1.82, 2.24) is 5.32 Å². The number of hydrogen-bond donors (Lipinski definition) is 2. The van der Waals surface area contributed by atoms with Gasteiger partial charge in [0.25, 0.3) is 10.0 Å². The number of thiophene rings is 1. The number of aryl methyl sites for hydroxylation is 1. The molecule has 0 unspecified atom stereocenters. The lowest BCUT2D eigenvalue weighted by Crippen LogP contribution is -2.16. The molecule has 112 valence electrons. The highest BCUT2D eigenvalue weighted by atomic mass is 32.2. The molecule has 3 rings (SSSR count). The van der Waals surface area contributed by atoms with Crippen LogP contribution in [0.4, 0.5) is 5.69 Å². The molecule has 1 aliphatic carbocycles. The third-order valence-corrected chi connectivity index (χ3v) is 6.21. The lowest BCUT2D eigenvalue weighted by Gasteiger charge is -2.09. The highest BCUT2D eigenvalue weighted by Gasteiger charge is 2.20. The molecule has 1 aliphatic rings. The van der Waals surface area contributed by atoms with E-state index in [1.807, 2.05) is 31.2 Å². The number of hydrogen-bond acceptors (Lipinski definition) is 4. The van der Waals surface area contributed by atoms with Crippen LogP contribution < -0.4 is 10.0 Å². The first kappa shape index (κ1) is 14.6. The van der Waals surface area contributed by atoms with Crippen LogP contribution in [0.2, 0.25) is 0 Å². The molecule has 21 heavy (non-hydrogen) atoms. The van der Waals surface area contributed by atoms with E-state index in [0.717, 1.165) is 17.0 Å². The van der Waals surface area contributed by atoms with E-state index in [1.54, 1.807) is 12.1 Å². The number of benzene rings is 1. The summed E-state index contributed by atoms with van der Waals surface area (Å²) in [7, 11) is -3.48. The van der Waals surface area contributed by atoms with Crippen LogP contribution in [0.15, 0.2) is 40.6 Å². The molecule has 0 radical (unpaired) electrons. The molecule has 1 aromatic carbocycles. The first-order valence-corrected chi connectivity index (χ1v) is 9.24. The smallest absolute Gasteiger partial charge is 0.271 e. The maximum absolute atomic E-state index is 12.3. The number of anilines is 1. The predicted molar refractivity (Wildman–Crippen MR) is 86.2 cm³/mol. The Kier molecular flexibility index (Phi) is 4.01. The van der Waals surface area contributed by atoms with E-state index in [9.17, 15) is 8.42 Å². The molecule has 4 nitrogen and oxygen atoms in total. The largest absolute Gasteiger partial charge is 0.310 e. The second-order valence-electron chi connectivity index (χ2n) is 5.33. The molecular formula is C15H18N2O2S2. The fraction of sp³-hybridized carbons (Fsp3) is 0.333. The monoisotopic (exact) mass is 322 g/mol. The summed E-state index contributed by atoms with van der Waals surface area (Å²) in [5.74, 6) is 0. The topological polar surface area (TPSA) is 58.2 Å². The third-order valence-electron chi connectivity index (χ3n) is 3.33. The van der Waals surface area contributed by atoms with Crippen LogP contribution in [0, 0.1) is 6.92 Å². The van der Waals surface area contributed by atoms with Gasteiger partial charge in [-0.25, -0.2) is 8.42 Å². The minimum atomic E-state index is -3.48. The van der Waals surface area contributed by atoms with Gasteiger partial charge in [0.05, 0.1) is 0 Å². The SMILES string of the molecule is Cc1ccc(S(=O)(=O)Nc2cccc(CNC3CC3)c2)s1. The van der Waals surface area contributed by atoms with Crippen LogP contribution >= 0.6 is 11.3 Å². The molecule has 1 saturated carbocycles. The molecule has 0 atom stereocenters. The van der Waals surface area contributed by atoms with E-state index >= 15 is 0 Å². The molecular weight excluding hydrogens is 304 g/mol. The van der Waals surface area contributed by atoms with Crippen molar-refractivity contribution in [2.24, 2.45) is 0 Å². The zero-order chi connectivity index (χ0) is 14.9. The lowest BCUT2D eigenvalue weighted by molar-refractivity contribution is 0.603. The second kappa shape index (κ2) is 5.79. The van der Waals surface area contributed by atoms with Gasteiger partial charge in [0.2, 0.25) is 0 Å². The van der Waals surface area contributed by atoms with Crippen molar-refractivity contribution in [3.05, 3.63) is 46.8 Å².